The third-order valence-electron chi connectivity index (χ3n) is 3.72. The van der Waals surface area contributed by atoms with Crippen molar-refractivity contribution < 1.29 is 0 Å². The Morgan fingerprint density at radius 1 is 1.18 bits per heavy atom. The van der Waals surface area contributed by atoms with Crippen molar-refractivity contribution in [3.63, 3.8) is 0 Å². The van der Waals surface area contributed by atoms with Crippen molar-refractivity contribution in [2.24, 2.45) is 0 Å². The third kappa shape index (κ3) is 2.10. The van der Waals surface area contributed by atoms with E-state index in [-0.39, 0.29) is 5.56 Å². The van der Waals surface area contributed by atoms with E-state index in [4.69, 9.17) is 0 Å². The van der Waals surface area contributed by atoms with Gasteiger partial charge in [0.05, 0.1) is 28.3 Å². The molecule has 4 rings (SSSR count). The molecule has 1 aromatic carbocycles. The summed E-state index contributed by atoms with van der Waals surface area (Å²) >= 11 is 1.54. The minimum absolute atomic E-state index is 0.0442. The molecule has 0 fully saturated rings. The van der Waals surface area contributed by atoms with Gasteiger partial charge in [0.25, 0.3) is 5.56 Å². The zero-order valence-corrected chi connectivity index (χ0v) is 12.8. The second-order valence-corrected chi connectivity index (χ2v) is 6.19. The maximum Gasteiger partial charge on any atom is 0.275 e. The predicted molar refractivity (Wildman–Crippen MR) is 89.5 cm³/mol. The van der Waals surface area contributed by atoms with Crippen molar-refractivity contribution in [2.75, 3.05) is 0 Å². The van der Waals surface area contributed by atoms with Crippen LogP contribution in [0.1, 0.15) is 11.3 Å². The molecule has 22 heavy (non-hydrogen) atoms. The second kappa shape index (κ2) is 5.03. The van der Waals surface area contributed by atoms with Gasteiger partial charge in [-0.3, -0.25) is 9.78 Å². The fourth-order valence-electron chi connectivity index (χ4n) is 2.71. The monoisotopic (exact) mass is 307 g/mol. The summed E-state index contributed by atoms with van der Waals surface area (Å²) in [4.78, 5) is 17.0. The van der Waals surface area contributed by atoms with Crippen LogP contribution in [-0.2, 0) is 6.54 Å². The number of benzene rings is 1. The van der Waals surface area contributed by atoms with Crippen LogP contribution in [0.25, 0.3) is 21.0 Å². The maximum atomic E-state index is 12.5. The summed E-state index contributed by atoms with van der Waals surface area (Å²) in [7, 11) is 0. The number of aromatic nitrogens is 3. The quantitative estimate of drug-likeness (QED) is 0.570. The van der Waals surface area contributed by atoms with E-state index in [1.165, 1.54) is 16.0 Å². The first kappa shape index (κ1) is 13.2. The van der Waals surface area contributed by atoms with Crippen LogP contribution in [0.15, 0.2) is 52.8 Å². The van der Waals surface area contributed by atoms with E-state index in [1.54, 1.807) is 6.20 Å². The number of nitrogens with zero attached hydrogens (tertiary/aromatic N) is 3. The number of pyridine rings is 1. The van der Waals surface area contributed by atoms with Crippen molar-refractivity contribution >= 4 is 32.3 Å². The van der Waals surface area contributed by atoms with E-state index >= 15 is 0 Å². The number of aryl methyl sites for hydroxylation is 1. The van der Waals surface area contributed by atoms with Crippen LogP contribution in [0, 0.1) is 6.92 Å². The Balaban J connectivity index is 1.89. The van der Waals surface area contributed by atoms with Crippen LogP contribution in [0.2, 0.25) is 0 Å². The van der Waals surface area contributed by atoms with E-state index in [9.17, 15) is 4.79 Å². The van der Waals surface area contributed by atoms with E-state index in [0.29, 0.717) is 6.54 Å². The predicted octanol–water partition coefficient (Wildman–Crippen LogP) is 3.36. The standard InChI is InChI=1S/C17H13N3OS/c1-11-8-12(13-4-2-3-5-15(13)19-11)10-20-17(21)14-6-7-22-16(14)9-18-20/h2-9H,10H2,1H3. The van der Waals surface area contributed by atoms with Crippen molar-refractivity contribution in [3.8, 4) is 0 Å². The molecule has 3 heterocycles. The van der Waals surface area contributed by atoms with Gasteiger partial charge in [0.2, 0.25) is 0 Å². The Morgan fingerprint density at radius 3 is 2.95 bits per heavy atom. The van der Waals surface area contributed by atoms with Gasteiger partial charge in [0.15, 0.2) is 0 Å². The lowest BCUT2D eigenvalue weighted by molar-refractivity contribution is 0.650. The first-order valence-corrected chi connectivity index (χ1v) is 7.89. The molecule has 4 aromatic rings. The van der Waals surface area contributed by atoms with E-state index in [2.05, 4.69) is 10.1 Å². The molecule has 0 aliphatic rings. The first-order valence-electron chi connectivity index (χ1n) is 7.01. The average Bonchev–Trinajstić information content (AvgIpc) is 2.99. The van der Waals surface area contributed by atoms with Crippen LogP contribution in [-0.4, -0.2) is 14.8 Å². The molecule has 0 unspecified atom stereocenters. The number of para-hydroxylation sites is 1. The molecular formula is C17H13N3OS. The zero-order chi connectivity index (χ0) is 15.1. The molecule has 0 bridgehead atoms. The number of hydrogen-bond donors (Lipinski definition) is 0. The molecule has 0 radical (unpaired) electrons. The van der Waals surface area contributed by atoms with Crippen LogP contribution in [0.3, 0.4) is 0 Å². The van der Waals surface area contributed by atoms with Gasteiger partial charge in [0.1, 0.15) is 0 Å². The maximum absolute atomic E-state index is 12.5. The highest BCUT2D eigenvalue weighted by atomic mass is 32.1. The highest BCUT2D eigenvalue weighted by molar-refractivity contribution is 7.17. The molecule has 0 atom stereocenters. The van der Waals surface area contributed by atoms with Gasteiger partial charge in [0, 0.05) is 11.1 Å². The van der Waals surface area contributed by atoms with E-state index in [1.807, 2.05) is 48.7 Å². The number of thiophene rings is 1. The van der Waals surface area contributed by atoms with Crippen molar-refractivity contribution in [1.82, 2.24) is 14.8 Å². The Morgan fingerprint density at radius 2 is 2.05 bits per heavy atom. The molecule has 0 saturated carbocycles. The molecule has 108 valence electrons. The number of fused-ring (bicyclic) bond motifs is 2. The summed E-state index contributed by atoms with van der Waals surface area (Å²) in [6.45, 7) is 2.42. The summed E-state index contributed by atoms with van der Waals surface area (Å²) in [5.41, 5.74) is 2.91. The van der Waals surface area contributed by atoms with Crippen LogP contribution < -0.4 is 5.56 Å². The van der Waals surface area contributed by atoms with Crippen molar-refractivity contribution in [2.45, 2.75) is 13.5 Å². The fourth-order valence-corrected chi connectivity index (χ4v) is 3.45. The van der Waals surface area contributed by atoms with Gasteiger partial charge >= 0.3 is 0 Å². The fraction of sp³-hybridized carbons (Fsp3) is 0.118. The average molecular weight is 307 g/mol. The molecule has 4 nitrogen and oxygen atoms in total. The van der Waals surface area contributed by atoms with Gasteiger partial charge in [-0.15, -0.1) is 11.3 Å². The Kier molecular flexibility index (Phi) is 3.01. The smallest absolute Gasteiger partial charge is 0.267 e. The van der Waals surface area contributed by atoms with Crippen molar-refractivity contribution in [3.05, 3.63) is 69.6 Å². The van der Waals surface area contributed by atoms with Crippen LogP contribution in [0.5, 0.6) is 0 Å². The molecule has 5 heteroatoms. The summed E-state index contributed by atoms with van der Waals surface area (Å²) in [6, 6.07) is 11.9. The van der Waals surface area contributed by atoms with Gasteiger partial charge in [-0.2, -0.15) is 5.10 Å². The lowest BCUT2D eigenvalue weighted by Crippen LogP contribution is -2.22. The Labute approximate surface area is 130 Å². The molecule has 0 saturated heterocycles. The second-order valence-electron chi connectivity index (χ2n) is 5.25. The van der Waals surface area contributed by atoms with Gasteiger partial charge in [-0.05, 0) is 36.1 Å². The van der Waals surface area contributed by atoms with Gasteiger partial charge in [-0.25, -0.2) is 4.68 Å². The highest BCUT2D eigenvalue weighted by Crippen LogP contribution is 2.19. The first-order chi connectivity index (χ1) is 10.7. The number of hydrogen-bond acceptors (Lipinski definition) is 4. The Bertz CT molecular complexity index is 1050. The topological polar surface area (TPSA) is 47.8 Å². The minimum Gasteiger partial charge on any atom is -0.267 e. The van der Waals surface area contributed by atoms with Gasteiger partial charge in [-0.1, -0.05) is 18.2 Å². The summed E-state index contributed by atoms with van der Waals surface area (Å²) in [5, 5.41) is 8.02. The summed E-state index contributed by atoms with van der Waals surface area (Å²) in [5.74, 6) is 0. The summed E-state index contributed by atoms with van der Waals surface area (Å²) in [6.07, 6.45) is 1.76. The van der Waals surface area contributed by atoms with E-state index < -0.39 is 0 Å². The lowest BCUT2D eigenvalue weighted by atomic mass is 10.1. The minimum atomic E-state index is -0.0442. The molecule has 0 spiro atoms. The number of rotatable bonds is 2. The highest BCUT2D eigenvalue weighted by Gasteiger charge is 2.09. The normalized spacial score (nSPS) is 11.3. The largest absolute Gasteiger partial charge is 0.275 e. The molecule has 0 N–H and O–H groups in total. The lowest BCUT2D eigenvalue weighted by Gasteiger charge is -2.09. The summed E-state index contributed by atoms with van der Waals surface area (Å²) < 4.78 is 2.45. The molecule has 0 amide bonds. The van der Waals surface area contributed by atoms with Crippen LogP contribution in [0.4, 0.5) is 0 Å². The van der Waals surface area contributed by atoms with Crippen LogP contribution >= 0.6 is 11.3 Å². The molecule has 3 aromatic heterocycles. The molecular weight excluding hydrogens is 294 g/mol. The molecule has 0 aliphatic carbocycles. The van der Waals surface area contributed by atoms with Gasteiger partial charge < -0.3 is 0 Å². The van der Waals surface area contributed by atoms with E-state index in [0.717, 1.165) is 32.2 Å². The van der Waals surface area contributed by atoms with Crippen molar-refractivity contribution in [1.29, 1.82) is 0 Å². The zero-order valence-electron chi connectivity index (χ0n) is 12.0. The third-order valence-corrected chi connectivity index (χ3v) is 4.58. The SMILES string of the molecule is Cc1cc(Cn2ncc3sccc3c2=O)c2ccccc2n1. The molecule has 0 aliphatic heterocycles. The Hall–Kier alpha value is -2.53.